The molecule has 0 heterocycles. The van der Waals surface area contributed by atoms with E-state index in [0.717, 1.165) is 11.1 Å². The second-order valence-corrected chi connectivity index (χ2v) is 11.9. The number of thioether (sulfide) groups is 1. The summed E-state index contributed by atoms with van der Waals surface area (Å²) in [5, 5.41) is 20.0. The molecule has 0 spiro atoms. The minimum atomic E-state index is -1.04. The molecule has 2 aromatic rings. The molecule has 0 bridgehead atoms. The van der Waals surface area contributed by atoms with Gasteiger partial charge in [-0.05, 0) is 60.4 Å². The van der Waals surface area contributed by atoms with Crippen LogP contribution in [-0.4, -0.2) is 77.4 Å². The average molecular weight is 629 g/mol. The molecular formula is C31H44N6O6S. The van der Waals surface area contributed by atoms with Crippen molar-refractivity contribution in [1.82, 2.24) is 21.3 Å². The summed E-state index contributed by atoms with van der Waals surface area (Å²) in [5.74, 6) is -2.24. The Bertz CT molecular complexity index is 1240. The first-order chi connectivity index (χ1) is 20.9. The zero-order valence-corrected chi connectivity index (χ0v) is 26.2. The summed E-state index contributed by atoms with van der Waals surface area (Å²) in [6.07, 6.45) is 2.85. The molecular weight excluding hydrogens is 584 g/mol. The molecule has 0 saturated heterocycles. The molecule has 13 heteroatoms. The van der Waals surface area contributed by atoms with Gasteiger partial charge in [0.2, 0.25) is 29.5 Å². The maximum atomic E-state index is 13.2. The summed E-state index contributed by atoms with van der Waals surface area (Å²) in [6, 6.07) is 11.5. The van der Waals surface area contributed by atoms with Crippen LogP contribution >= 0.6 is 11.8 Å². The number of carbonyl (C=O) groups is 5. The summed E-state index contributed by atoms with van der Waals surface area (Å²) < 4.78 is 0. The highest BCUT2D eigenvalue weighted by Gasteiger charge is 2.28. The molecule has 5 amide bonds. The molecule has 4 atom stereocenters. The number of rotatable bonds is 18. The Kier molecular flexibility index (Phi) is 15.2. The summed E-state index contributed by atoms with van der Waals surface area (Å²) in [6.45, 7) is 3.32. The van der Waals surface area contributed by atoms with Gasteiger partial charge >= 0.3 is 0 Å². The number of hydrogen-bond acceptors (Lipinski definition) is 8. The predicted octanol–water partition coefficient (Wildman–Crippen LogP) is 0.360. The lowest BCUT2D eigenvalue weighted by molar-refractivity contribution is -0.132. The van der Waals surface area contributed by atoms with Gasteiger partial charge in [-0.25, -0.2) is 0 Å². The summed E-state index contributed by atoms with van der Waals surface area (Å²) in [7, 11) is 0. The second kappa shape index (κ2) is 18.5. The highest BCUT2D eigenvalue weighted by atomic mass is 32.2. The molecule has 9 N–H and O–H groups in total. The van der Waals surface area contributed by atoms with Crippen molar-refractivity contribution in [3.05, 3.63) is 65.7 Å². The van der Waals surface area contributed by atoms with Crippen molar-refractivity contribution in [2.24, 2.45) is 17.4 Å². The Hall–Kier alpha value is -4.10. The van der Waals surface area contributed by atoms with Crippen LogP contribution in [-0.2, 0) is 36.8 Å². The van der Waals surface area contributed by atoms with E-state index in [1.165, 1.54) is 23.9 Å². The van der Waals surface area contributed by atoms with Crippen LogP contribution in [0, 0.1) is 5.92 Å². The summed E-state index contributed by atoms with van der Waals surface area (Å²) >= 11 is 1.51. The van der Waals surface area contributed by atoms with E-state index in [1.54, 1.807) is 24.3 Å². The number of hydrogen-bond donors (Lipinski definition) is 7. The van der Waals surface area contributed by atoms with E-state index in [4.69, 9.17) is 11.5 Å². The minimum absolute atomic E-state index is 0.0371. The van der Waals surface area contributed by atoms with Crippen LogP contribution in [0.4, 0.5) is 0 Å². The summed E-state index contributed by atoms with van der Waals surface area (Å²) in [4.78, 5) is 63.8. The third kappa shape index (κ3) is 13.0. The molecule has 0 aliphatic heterocycles. The van der Waals surface area contributed by atoms with Crippen LogP contribution in [0.2, 0.25) is 0 Å². The molecule has 240 valence electrons. The molecule has 0 aliphatic carbocycles. The number of nitrogens with one attached hydrogen (secondary N) is 4. The van der Waals surface area contributed by atoms with Gasteiger partial charge in [0.25, 0.3) is 0 Å². The lowest BCUT2D eigenvalue weighted by Crippen LogP contribution is -2.56. The maximum absolute atomic E-state index is 13.2. The SMILES string of the molecule is CSCCC(NC(=O)C(CC(C)C)NC(=O)CNC(=O)C(Cc1ccccc1)NC(=O)C(N)Cc1ccc(O)cc1)C(N)=O. The van der Waals surface area contributed by atoms with Gasteiger partial charge in [-0.15, -0.1) is 0 Å². The number of aromatic hydroxyl groups is 1. The molecule has 2 rings (SSSR count). The van der Waals surface area contributed by atoms with Gasteiger partial charge in [0.1, 0.15) is 23.9 Å². The van der Waals surface area contributed by atoms with E-state index in [0.29, 0.717) is 18.6 Å². The number of amides is 5. The summed E-state index contributed by atoms with van der Waals surface area (Å²) in [5.41, 5.74) is 13.1. The molecule has 12 nitrogen and oxygen atoms in total. The standard InChI is InChI=1S/C31H44N6O6S/c1-19(2)15-25(31(43)36-24(28(33)40)13-14-44-3)35-27(39)18-34-30(42)26(17-20-7-5-4-6-8-20)37-29(41)23(32)16-21-9-11-22(38)12-10-21/h4-12,19,23-26,38H,13-18,32H2,1-3H3,(H2,33,40)(H,34,42)(H,35,39)(H,36,43)(H,37,41). The molecule has 0 fully saturated rings. The van der Waals surface area contributed by atoms with Crippen molar-refractivity contribution in [2.45, 2.75) is 63.7 Å². The van der Waals surface area contributed by atoms with Crippen LogP contribution in [0.5, 0.6) is 5.75 Å². The lowest BCUT2D eigenvalue weighted by Gasteiger charge is -2.24. The fourth-order valence-corrected chi connectivity index (χ4v) is 4.82. The van der Waals surface area contributed by atoms with E-state index in [-0.39, 0.29) is 24.5 Å². The topological polar surface area (TPSA) is 206 Å². The Morgan fingerprint density at radius 3 is 2.00 bits per heavy atom. The average Bonchev–Trinajstić information content (AvgIpc) is 2.98. The molecule has 0 saturated carbocycles. The Labute approximate surface area is 262 Å². The molecule has 2 aromatic carbocycles. The zero-order valence-electron chi connectivity index (χ0n) is 25.4. The molecule has 0 aliphatic rings. The van der Waals surface area contributed by atoms with Gasteiger partial charge in [-0.3, -0.25) is 24.0 Å². The zero-order chi connectivity index (χ0) is 32.6. The van der Waals surface area contributed by atoms with Gasteiger partial charge < -0.3 is 37.8 Å². The normalized spacial score (nSPS) is 13.7. The Morgan fingerprint density at radius 1 is 0.795 bits per heavy atom. The number of benzene rings is 2. The first-order valence-electron chi connectivity index (χ1n) is 14.4. The number of nitrogens with two attached hydrogens (primary N) is 2. The third-order valence-corrected chi connectivity index (χ3v) is 7.34. The molecule has 4 unspecified atom stereocenters. The van der Waals surface area contributed by atoms with E-state index in [9.17, 15) is 29.1 Å². The Morgan fingerprint density at radius 2 is 1.41 bits per heavy atom. The number of phenolic OH excluding ortho intramolecular Hbond substituents is 1. The van der Waals surface area contributed by atoms with Crippen LogP contribution in [0.25, 0.3) is 0 Å². The van der Waals surface area contributed by atoms with E-state index >= 15 is 0 Å². The van der Waals surface area contributed by atoms with Crippen LogP contribution in [0.1, 0.15) is 37.8 Å². The van der Waals surface area contributed by atoms with Crippen molar-refractivity contribution < 1.29 is 29.1 Å². The van der Waals surface area contributed by atoms with Crippen molar-refractivity contribution in [2.75, 3.05) is 18.6 Å². The van der Waals surface area contributed by atoms with Crippen molar-refractivity contribution in [3.8, 4) is 5.75 Å². The first-order valence-corrected chi connectivity index (χ1v) is 15.8. The number of primary amides is 1. The van der Waals surface area contributed by atoms with Crippen LogP contribution < -0.4 is 32.7 Å². The molecule has 44 heavy (non-hydrogen) atoms. The van der Waals surface area contributed by atoms with Crippen molar-refractivity contribution in [1.29, 1.82) is 0 Å². The minimum Gasteiger partial charge on any atom is -0.508 e. The predicted molar refractivity (Wildman–Crippen MR) is 170 cm³/mol. The van der Waals surface area contributed by atoms with Gasteiger partial charge in [0.15, 0.2) is 0 Å². The first kappa shape index (κ1) is 36.1. The lowest BCUT2D eigenvalue weighted by atomic mass is 10.0. The number of phenols is 1. The highest BCUT2D eigenvalue weighted by molar-refractivity contribution is 7.98. The van der Waals surface area contributed by atoms with Gasteiger partial charge in [-0.1, -0.05) is 56.3 Å². The van der Waals surface area contributed by atoms with E-state index < -0.39 is 60.2 Å². The van der Waals surface area contributed by atoms with Crippen LogP contribution in [0.3, 0.4) is 0 Å². The quantitative estimate of drug-likeness (QED) is 0.122. The van der Waals surface area contributed by atoms with Gasteiger partial charge in [-0.2, -0.15) is 11.8 Å². The Balaban J connectivity index is 2.06. The monoisotopic (exact) mass is 628 g/mol. The highest BCUT2D eigenvalue weighted by Crippen LogP contribution is 2.12. The smallest absolute Gasteiger partial charge is 0.243 e. The van der Waals surface area contributed by atoms with Crippen molar-refractivity contribution in [3.63, 3.8) is 0 Å². The van der Waals surface area contributed by atoms with Gasteiger partial charge in [0.05, 0.1) is 12.6 Å². The van der Waals surface area contributed by atoms with Crippen molar-refractivity contribution >= 4 is 41.3 Å². The largest absolute Gasteiger partial charge is 0.508 e. The van der Waals surface area contributed by atoms with Crippen LogP contribution in [0.15, 0.2) is 54.6 Å². The maximum Gasteiger partial charge on any atom is 0.243 e. The second-order valence-electron chi connectivity index (χ2n) is 10.9. The fourth-order valence-electron chi connectivity index (χ4n) is 4.35. The molecule has 0 aromatic heterocycles. The fraction of sp³-hybridized carbons (Fsp3) is 0.452. The van der Waals surface area contributed by atoms with Gasteiger partial charge in [0, 0.05) is 6.42 Å². The number of carbonyl (C=O) groups excluding carboxylic acids is 5. The molecule has 0 radical (unpaired) electrons. The third-order valence-electron chi connectivity index (χ3n) is 6.70. The van der Waals surface area contributed by atoms with E-state index in [1.807, 2.05) is 38.3 Å². The van der Waals surface area contributed by atoms with E-state index in [2.05, 4.69) is 21.3 Å².